The molecule has 1 rings (SSSR count). The first-order chi connectivity index (χ1) is 9.88. The number of likely N-dealkylation sites (N-methyl/N-ethyl adjacent to an activating group) is 2. The number of rotatable bonds is 7. The number of nitro groups is 1. The van der Waals surface area contributed by atoms with Gasteiger partial charge in [-0.2, -0.15) is 4.39 Å². The van der Waals surface area contributed by atoms with E-state index < -0.39 is 16.4 Å². The Morgan fingerprint density at radius 2 is 1.95 bits per heavy atom. The van der Waals surface area contributed by atoms with Crippen molar-refractivity contribution in [3.05, 3.63) is 39.7 Å². The smallest absolute Gasteiger partial charge is 0.304 e. The normalized spacial score (nSPS) is 10.7. The Morgan fingerprint density at radius 1 is 1.33 bits per heavy atom. The van der Waals surface area contributed by atoms with Crippen molar-refractivity contribution in [2.24, 2.45) is 0 Å². The Labute approximate surface area is 123 Å². The minimum absolute atomic E-state index is 0.00452. The van der Waals surface area contributed by atoms with Crippen molar-refractivity contribution in [2.45, 2.75) is 20.4 Å². The van der Waals surface area contributed by atoms with Gasteiger partial charge in [0.25, 0.3) is 0 Å². The van der Waals surface area contributed by atoms with E-state index in [9.17, 15) is 19.3 Å². The highest BCUT2D eigenvalue weighted by molar-refractivity contribution is 5.78. The van der Waals surface area contributed by atoms with Gasteiger partial charge in [-0.3, -0.25) is 19.8 Å². The number of carbonyl (C=O) groups is 1. The number of halogens is 1. The van der Waals surface area contributed by atoms with E-state index in [2.05, 4.69) is 0 Å². The number of nitro benzene ring substituents is 1. The van der Waals surface area contributed by atoms with Gasteiger partial charge in [-0.25, -0.2) is 0 Å². The highest BCUT2D eigenvalue weighted by atomic mass is 19.1. The highest BCUT2D eigenvalue weighted by Gasteiger charge is 2.16. The summed E-state index contributed by atoms with van der Waals surface area (Å²) < 4.78 is 13.5. The van der Waals surface area contributed by atoms with Gasteiger partial charge in [0.05, 0.1) is 11.5 Å². The van der Waals surface area contributed by atoms with E-state index in [1.807, 2.05) is 13.8 Å². The molecule has 0 radical (unpaired) electrons. The van der Waals surface area contributed by atoms with E-state index >= 15 is 0 Å². The van der Waals surface area contributed by atoms with Gasteiger partial charge in [-0.1, -0.05) is 6.07 Å². The fraction of sp³-hybridized carbons (Fsp3) is 0.500. The molecule has 0 spiro atoms. The van der Waals surface area contributed by atoms with Crippen LogP contribution in [-0.4, -0.2) is 47.3 Å². The monoisotopic (exact) mass is 297 g/mol. The Morgan fingerprint density at radius 3 is 2.43 bits per heavy atom. The molecule has 0 heterocycles. The molecule has 0 fully saturated rings. The number of nitrogens with zero attached hydrogens (tertiary/aromatic N) is 3. The van der Waals surface area contributed by atoms with Crippen LogP contribution in [0.3, 0.4) is 0 Å². The van der Waals surface area contributed by atoms with Crippen molar-refractivity contribution >= 4 is 11.6 Å². The van der Waals surface area contributed by atoms with Crippen LogP contribution in [0.5, 0.6) is 0 Å². The van der Waals surface area contributed by atoms with Gasteiger partial charge in [0.2, 0.25) is 11.7 Å². The molecule has 0 bridgehead atoms. The number of amides is 1. The zero-order valence-electron chi connectivity index (χ0n) is 12.5. The summed E-state index contributed by atoms with van der Waals surface area (Å²) in [5, 5.41) is 10.5. The summed E-state index contributed by atoms with van der Waals surface area (Å²) >= 11 is 0. The minimum Gasteiger partial charge on any atom is -0.342 e. The average molecular weight is 297 g/mol. The zero-order valence-corrected chi connectivity index (χ0v) is 12.5. The molecule has 7 heteroatoms. The van der Waals surface area contributed by atoms with Crippen LogP contribution in [0.15, 0.2) is 18.2 Å². The van der Waals surface area contributed by atoms with Gasteiger partial charge < -0.3 is 4.90 Å². The molecule has 1 amide bonds. The molecule has 0 atom stereocenters. The molecule has 1 aromatic carbocycles. The maximum absolute atomic E-state index is 13.5. The highest BCUT2D eigenvalue weighted by Crippen LogP contribution is 2.18. The van der Waals surface area contributed by atoms with Gasteiger partial charge in [0.1, 0.15) is 0 Å². The lowest BCUT2D eigenvalue weighted by atomic mass is 10.2. The van der Waals surface area contributed by atoms with E-state index in [-0.39, 0.29) is 12.5 Å². The van der Waals surface area contributed by atoms with E-state index in [4.69, 9.17) is 0 Å². The number of hydrogen-bond donors (Lipinski definition) is 0. The Kier molecular flexibility index (Phi) is 6.23. The van der Waals surface area contributed by atoms with E-state index in [1.165, 1.54) is 6.07 Å². The molecule has 0 aromatic heterocycles. The van der Waals surface area contributed by atoms with Crippen molar-refractivity contribution in [3.8, 4) is 0 Å². The molecule has 21 heavy (non-hydrogen) atoms. The lowest BCUT2D eigenvalue weighted by Gasteiger charge is -2.23. The fourth-order valence-electron chi connectivity index (χ4n) is 2.07. The van der Waals surface area contributed by atoms with Gasteiger partial charge in [-0.15, -0.1) is 0 Å². The molecule has 0 aliphatic heterocycles. The lowest BCUT2D eigenvalue weighted by Crippen LogP contribution is -2.38. The van der Waals surface area contributed by atoms with Gasteiger partial charge in [-0.05, 0) is 32.5 Å². The fourth-order valence-corrected chi connectivity index (χ4v) is 2.07. The van der Waals surface area contributed by atoms with E-state index in [0.29, 0.717) is 25.2 Å². The first-order valence-electron chi connectivity index (χ1n) is 6.78. The molecule has 0 N–H and O–H groups in total. The zero-order chi connectivity index (χ0) is 16.0. The predicted molar refractivity (Wildman–Crippen MR) is 77.3 cm³/mol. The van der Waals surface area contributed by atoms with Crippen LogP contribution in [0.4, 0.5) is 10.1 Å². The third-order valence-electron chi connectivity index (χ3n) is 3.18. The Hall–Kier alpha value is -2.02. The van der Waals surface area contributed by atoms with Crippen molar-refractivity contribution < 1.29 is 14.1 Å². The third kappa shape index (κ3) is 4.78. The Bertz CT molecular complexity index is 518. The first-order valence-corrected chi connectivity index (χ1v) is 6.78. The summed E-state index contributed by atoms with van der Waals surface area (Å²) in [6, 6.07) is 3.78. The molecule has 6 nitrogen and oxygen atoms in total. The molecule has 0 saturated heterocycles. The van der Waals surface area contributed by atoms with Crippen LogP contribution >= 0.6 is 0 Å². The van der Waals surface area contributed by atoms with Crippen molar-refractivity contribution in [1.29, 1.82) is 0 Å². The summed E-state index contributed by atoms with van der Waals surface area (Å²) in [6.07, 6.45) is 0. The summed E-state index contributed by atoms with van der Waals surface area (Å²) in [7, 11) is 1.75. The summed E-state index contributed by atoms with van der Waals surface area (Å²) in [5.41, 5.74) is 0.0496. The van der Waals surface area contributed by atoms with Crippen LogP contribution < -0.4 is 0 Å². The quantitative estimate of drug-likeness (QED) is 0.570. The molecular formula is C14H20FN3O3. The Balaban J connectivity index is 2.67. The largest absolute Gasteiger partial charge is 0.342 e. The summed E-state index contributed by atoms with van der Waals surface area (Å²) in [5.74, 6) is -0.856. The van der Waals surface area contributed by atoms with Crippen LogP contribution in [0.2, 0.25) is 0 Å². The van der Waals surface area contributed by atoms with Gasteiger partial charge in [0.15, 0.2) is 0 Å². The van der Waals surface area contributed by atoms with Crippen molar-refractivity contribution in [1.82, 2.24) is 9.80 Å². The molecule has 1 aromatic rings. The molecule has 0 unspecified atom stereocenters. The molecule has 0 saturated carbocycles. The van der Waals surface area contributed by atoms with Gasteiger partial charge in [0, 0.05) is 25.7 Å². The molecule has 0 aliphatic rings. The number of benzene rings is 1. The summed E-state index contributed by atoms with van der Waals surface area (Å²) in [4.78, 5) is 25.2. The average Bonchev–Trinajstić information content (AvgIpc) is 2.39. The van der Waals surface area contributed by atoms with Crippen molar-refractivity contribution in [3.63, 3.8) is 0 Å². The predicted octanol–water partition coefficient (Wildman–Crippen LogP) is 2.03. The SMILES string of the molecule is CCN(CC)C(=O)CN(C)Cc1ccc([N+](=O)[O-])c(F)c1. The second-order valence-electron chi connectivity index (χ2n) is 4.78. The van der Waals surface area contributed by atoms with Crippen LogP contribution in [0, 0.1) is 15.9 Å². The minimum atomic E-state index is -0.860. The first kappa shape index (κ1) is 17.0. The molecular weight excluding hydrogens is 277 g/mol. The van der Waals surface area contributed by atoms with Crippen LogP contribution in [0.25, 0.3) is 0 Å². The summed E-state index contributed by atoms with van der Waals surface area (Å²) in [6.45, 7) is 5.69. The van der Waals surface area contributed by atoms with Crippen molar-refractivity contribution in [2.75, 3.05) is 26.7 Å². The van der Waals surface area contributed by atoms with E-state index in [1.54, 1.807) is 16.8 Å². The topological polar surface area (TPSA) is 66.7 Å². The van der Waals surface area contributed by atoms with Crippen LogP contribution in [0.1, 0.15) is 19.4 Å². The van der Waals surface area contributed by atoms with E-state index in [0.717, 1.165) is 12.1 Å². The standard InChI is InChI=1S/C14H20FN3O3/c1-4-17(5-2)14(19)10-16(3)9-11-6-7-13(18(20)21)12(15)8-11/h6-8H,4-5,9-10H2,1-3H3. The van der Waals surface area contributed by atoms with Gasteiger partial charge >= 0.3 is 5.69 Å². The number of hydrogen-bond acceptors (Lipinski definition) is 4. The third-order valence-corrected chi connectivity index (χ3v) is 3.18. The maximum Gasteiger partial charge on any atom is 0.304 e. The molecule has 116 valence electrons. The maximum atomic E-state index is 13.5. The second-order valence-corrected chi connectivity index (χ2v) is 4.78. The van der Waals surface area contributed by atoms with Crippen LogP contribution in [-0.2, 0) is 11.3 Å². The number of carbonyl (C=O) groups excluding carboxylic acids is 1. The lowest BCUT2D eigenvalue weighted by molar-refractivity contribution is -0.387. The second kappa shape index (κ2) is 7.68. The molecule has 0 aliphatic carbocycles.